The summed E-state index contributed by atoms with van der Waals surface area (Å²) >= 11 is 0. The maximum atomic E-state index is 10.5. The van der Waals surface area contributed by atoms with Gasteiger partial charge in [0.1, 0.15) is 5.75 Å². The Labute approximate surface area is 89.5 Å². The van der Waals surface area contributed by atoms with Crippen molar-refractivity contribution in [2.45, 2.75) is 37.7 Å². The first-order chi connectivity index (χ1) is 7.13. The lowest BCUT2D eigenvalue weighted by Gasteiger charge is -2.33. The number of phenolic OH excluding ortho intramolecular Hbond substituents is 1. The molecule has 0 amide bonds. The summed E-state index contributed by atoms with van der Waals surface area (Å²) < 4.78 is 0. The van der Waals surface area contributed by atoms with Gasteiger partial charge < -0.3 is 15.9 Å². The second-order valence-electron chi connectivity index (χ2n) is 4.33. The molecule has 1 aliphatic carbocycles. The fraction of sp³-hybridized carbons (Fsp3) is 0.500. The van der Waals surface area contributed by atoms with E-state index in [0.29, 0.717) is 11.3 Å². The summed E-state index contributed by atoms with van der Waals surface area (Å²) in [7, 11) is 0. The van der Waals surface area contributed by atoms with Crippen molar-refractivity contribution < 1.29 is 10.2 Å². The minimum atomic E-state index is -0.832. The Balaban J connectivity index is 2.39. The standard InChI is InChI=1S/C12H17NO2/c13-11-9(5-4-6-10(11)14)12(15)7-2-1-3-8-12/h4-6,14-15H,1-3,7-8,13H2. The molecule has 1 saturated carbocycles. The number of hydrogen-bond acceptors (Lipinski definition) is 3. The maximum Gasteiger partial charge on any atom is 0.138 e. The van der Waals surface area contributed by atoms with Crippen LogP contribution in [0.25, 0.3) is 0 Å². The highest BCUT2D eigenvalue weighted by atomic mass is 16.3. The number of phenols is 1. The lowest BCUT2D eigenvalue weighted by atomic mass is 9.79. The topological polar surface area (TPSA) is 66.5 Å². The molecule has 3 heteroatoms. The SMILES string of the molecule is Nc1c(O)cccc1C1(O)CCCCC1. The highest BCUT2D eigenvalue weighted by Crippen LogP contribution is 2.41. The molecule has 0 aromatic heterocycles. The molecule has 1 aliphatic rings. The summed E-state index contributed by atoms with van der Waals surface area (Å²) in [5.41, 5.74) is 5.96. The zero-order valence-electron chi connectivity index (χ0n) is 8.74. The Hall–Kier alpha value is -1.22. The molecule has 0 bridgehead atoms. The second kappa shape index (κ2) is 3.74. The highest BCUT2D eigenvalue weighted by molar-refractivity contribution is 5.59. The third-order valence-electron chi connectivity index (χ3n) is 3.27. The molecular formula is C12H17NO2. The van der Waals surface area contributed by atoms with E-state index in [-0.39, 0.29) is 5.75 Å². The zero-order valence-corrected chi connectivity index (χ0v) is 8.74. The van der Waals surface area contributed by atoms with Crippen LogP contribution in [0.5, 0.6) is 5.75 Å². The van der Waals surface area contributed by atoms with Crippen molar-refractivity contribution in [1.29, 1.82) is 0 Å². The van der Waals surface area contributed by atoms with Gasteiger partial charge in [0.05, 0.1) is 11.3 Å². The molecule has 4 N–H and O–H groups in total. The first-order valence-corrected chi connectivity index (χ1v) is 5.44. The smallest absolute Gasteiger partial charge is 0.138 e. The van der Waals surface area contributed by atoms with E-state index in [1.54, 1.807) is 18.2 Å². The minimum Gasteiger partial charge on any atom is -0.506 e. The fourth-order valence-corrected chi connectivity index (χ4v) is 2.36. The van der Waals surface area contributed by atoms with Crippen LogP contribution in [0.3, 0.4) is 0 Å². The van der Waals surface area contributed by atoms with Gasteiger partial charge in [-0.2, -0.15) is 0 Å². The fourth-order valence-electron chi connectivity index (χ4n) is 2.36. The van der Waals surface area contributed by atoms with E-state index in [1.165, 1.54) is 6.42 Å². The van der Waals surface area contributed by atoms with Crippen LogP contribution in [0.15, 0.2) is 18.2 Å². The van der Waals surface area contributed by atoms with Crippen LogP contribution in [0, 0.1) is 0 Å². The maximum absolute atomic E-state index is 10.5. The Morgan fingerprint density at radius 1 is 1.13 bits per heavy atom. The third kappa shape index (κ3) is 1.79. The van der Waals surface area contributed by atoms with Crippen molar-refractivity contribution in [1.82, 2.24) is 0 Å². The van der Waals surface area contributed by atoms with E-state index in [4.69, 9.17) is 5.73 Å². The lowest BCUT2D eigenvalue weighted by Crippen LogP contribution is -2.29. The molecule has 15 heavy (non-hydrogen) atoms. The van der Waals surface area contributed by atoms with Crippen LogP contribution in [0.1, 0.15) is 37.7 Å². The number of anilines is 1. The van der Waals surface area contributed by atoms with Crippen molar-refractivity contribution in [3.05, 3.63) is 23.8 Å². The molecule has 82 valence electrons. The molecule has 0 radical (unpaired) electrons. The predicted molar refractivity (Wildman–Crippen MR) is 59.5 cm³/mol. The van der Waals surface area contributed by atoms with Crippen LogP contribution < -0.4 is 5.73 Å². The Morgan fingerprint density at radius 3 is 2.47 bits per heavy atom. The minimum absolute atomic E-state index is 0.0616. The number of aromatic hydroxyl groups is 1. The van der Waals surface area contributed by atoms with Crippen molar-refractivity contribution >= 4 is 5.69 Å². The molecule has 2 rings (SSSR count). The van der Waals surface area contributed by atoms with E-state index in [9.17, 15) is 10.2 Å². The van der Waals surface area contributed by atoms with Crippen molar-refractivity contribution in [2.75, 3.05) is 5.73 Å². The number of aliphatic hydroxyl groups is 1. The van der Waals surface area contributed by atoms with Crippen LogP contribution in [0.2, 0.25) is 0 Å². The average molecular weight is 207 g/mol. The molecule has 0 saturated heterocycles. The van der Waals surface area contributed by atoms with Gasteiger partial charge in [-0.25, -0.2) is 0 Å². The van der Waals surface area contributed by atoms with E-state index in [2.05, 4.69) is 0 Å². The lowest BCUT2D eigenvalue weighted by molar-refractivity contribution is -0.0000562. The molecule has 0 atom stereocenters. The van der Waals surface area contributed by atoms with Crippen LogP contribution in [-0.2, 0) is 5.60 Å². The molecule has 1 aromatic rings. The summed E-state index contributed by atoms with van der Waals surface area (Å²) in [6.07, 6.45) is 4.68. The molecule has 0 spiro atoms. The highest BCUT2D eigenvalue weighted by Gasteiger charge is 2.33. The van der Waals surface area contributed by atoms with Crippen LogP contribution >= 0.6 is 0 Å². The van der Waals surface area contributed by atoms with E-state index in [0.717, 1.165) is 25.7 Å². The van der Waals surface area contributed by atoms with Gasteiger partial charge in [-0.15, -0.1) is 0 Å². The average Bonchev–Trinajstić information content (AvgIpc) is 2.23. The van der Waals surface area contributed by atoms with Gasteiger partial charge in [-0.05, 0) is 18.9 Å². The van der Waals surface area contributed by atoms with Crippen molar-refractivity contribution in [2.24, 2.45) is 0 Å². The molecule has 3 nitrogen and oxygen atoms in total. The van der Waals surface area contributed by atoms with Gasteiger partial charge >= 0.3 is 0 Å². The van der Waals surface area contributed by atoms with E-state index in [1.807, 2.05) is 0 Å². The van der Waals surface area contributed by atoms with Gasteiger partial charge in [0, 0.05) is 5.56 Å². The Kier molecular flexibility index (Phi) is 2.57. The number of nitrogen functional groups attached to an aromatic ring is 1. The molecule has 0 heterocycles. The summed E-state index contributed by atoms with van der Waals surface area (Å²) in [5.74, 6) is 0.0616. The van der Waals surface area contributed by atoms with Gasteiger partial charge in [-0.1, -0.05) is 31.4 Å². The zero-order chi connectivity index (χ0) is 10.9. The monoisotopic (exact) mass is 207 g/mol. The predicted octanol–water partition coefficient (Wildman–Crippen LogP) is 2.13. The number of nitrogens with two attached hydrogens (primary N) is 1. The normalized spacial score (nSPS) is 20.1. The molecule has 1 aromatic carbocycles. The van der Waals surface area contributed by atoms with Gasteiger partial charge in [-0.3, -0.25) is 0 Å². The van der Waals surface area contributed by atoms with Crippen LogP contribution in [-0.4, -0.2) is 10.2 Å². The van der Waals surface area contributed by atoms with Gasteiger partial charge in [0.15, 0.2) is 0 Å². The second-order valence-corrected chi connectivity index (χ2v) is 4.33. The van der Waals surface area contributed by atoms with Crippen molar-refractivity contribution in [3.63, 3.8) is 0 Å². The van der Waals surface area contributed by atoms with Crippen LogP contribution in [0.4, 0.5) is 5.69 Å². The van der Waals surface area contributed by atoms with E-state index < -0.39 is 5.60 Å². The molecule has 0 unspecified atom stereocenters. The third-order valence-corrected chi connectivity index (χ3v) is 3.27. The number of rotatable bonds is 1. The first kappa shape index (κ1) is 10.3. The molecular weight excluding hydrogens is 190 g/mol. The Bertz CT molecular complexity index is 357. The van der Waals surface area contributed by atoms with Gasteiger partial charge in [0.2, 0.25) is 0 Å². The van der Waals surface area contributed by atoms with Crippen molar-refractivity contribution in [3.8, 4) is 5.75 Å². The summed E-state index contributed by atoms with van der Waals surface area (Å²) in [4.78, 5) is 0. The molecule has 0 aliphatic heterocycles. The Morgan fingerprint density at radius 2 is 1.80 bits per heavy atom. The number of benzene rings is 1. The van der Waals surface area contributed by atoms with Gasteiger partial charge in [0.25, 0.3) is 0 Å². The summed E-state index contributed by atoms with van der Waals surface area (Å²) in [6.45, 7) is 0. The number of hydrogen-bond donors (Lipinski definition) is 3. The number of para-hydroxylation sites is 1. The largest absolute Gasteiger partial charge is 0.506 e. The first-order valence-electron chi connectivity index (χ1n) is 5.44. The molecule has 1 fully saturated rings. The van der Waals surface area contributed by atoms with E-state index >= 15 is 0 Å². The summed E-state index contributed by atoms with van der Waals surface area (Å²) in [6, 6.07) is 5.08. The summed E-state index contributed by atoms with van der Waals surface area (Å²) in [5, 5.41) is 20.0. The quantitative estimate of drug-likeness (QED) is 0.488.